The van der Waals surface area contributed by atoms with Crippen LogP contribution >= 0.6 is 0 Å². The van der Waals surface area contributed by atoms with Gasteiger partial charge >= 0.3 is 11.9 Å². The third kappa shape index (κ3) is 12.5. The maximum atomic E-state index is 12.3. The van der Waals surface area contributed by atoms with Crippen LogP contribution in [-0.4, -0.2) is 120 Å². The number of carbonyl (C=O) groups excluding carboxylic acids is 8. The van der Waals surface area contributed by atoms with E-state index in [1.54, 1.807) is 44.9 Å². The van der Waals surface area contributed by atoms with Gasteiger partial charge in [-0.15, -0.1) is 10.1 Å². The van der Waals surface area contributed by atoms with Crippen LogP contribution < -0.4 is 10.6 Å². The first-order valence-corrected chi connectivity index (χ1v) is 15.3. The molecule has 0 spiro atoms. The molecule has 16 heteroatoms. The molecule has 260 valence electrons. The van der Waals surface area contributed by atoms with E-state index in [0.29, 0.717) is 28.9 Å². The normalized spacial score (nSPS) is 17.6. The summed E-state index contributed by atoms with van der Waals surface area (Å²) in [5.74, 6) is -4.02. The molecule has 0 aromatic carbocycles. The third-order valence-electron chi connectivity index (χ3n) is 7.17. The lowest BCUT2D eigenvalue weighted by atomic mass is 10.0. The van der Waals surface area contributed by atoms with E-state index < -0.39 is 53.7 Å². The highest BCUT2D eigenvalue weighted by Gasteiger charge is 2.37. The molecule has 0 bridgehead atoms. The second kappa shape index (κ2) is 18.3. The maximum absolute atomic E-state index is 12.3. The number of nitrogens with one attached hydrogen (secondary N) is 2. The maximum Gasteiger partial charge on any atom is 0.355 e. The lowest BCUT2D eigenvalue weighted by molar-refractivity contribution is -0.199. The number of rotatable bonds is 14. The second-order valence-corrected chi connectivity index (χ2v) is 12.7. The van der Waals surface area contributed by atoms with E-state index >= 15 is 0 Å². The molecule has 0 saturated carbocycles. The van der Waals surface area contributed by atoms with E-state index in [4.69, 9.17) is 9.68 Å². The predicted molar refractivity (Wildman–Crippen MR) is 163 cm³/mol. The van der Waals surface area contributed by atoms with Gasteiger partial charge in [0.1, 0.15) is 12.1 Å². The zero-order valence-electron chi connectivity index (χ0n) is 28.6. The van der Waals surface area contributed by atoms with Crippen molar-refractivity contribution >= 4 is 47.4 Å². The monoisotopic (exact) mass is 654 g/mol. The van der Waals surface area contributed by atoms with Gasteiger partial charge in [-0.3, -0.25) is 38.6 Å². The molecule has 2 aliphatic heterocycles. The Morgan fingerprint density at radius 3 is 1.41 bits per heavy atom. The molecule has 46 heavy (non-hydrogen) atoms. The van der Waals surface area contributed by atoms with Crippen molar-refractivity contribution in [2.75, 3.05) is 28.2 Å². The third-order valence-corrected chi connectivity index (χ3v) is 7.17. The van der Waals surface area contributed by atoms with Gasteiger partial charge in [0.15, 0.2) is 0 Å². The van der Waals surface area contributed by atoms with Crippen molar-refractivity contribution in [3.63, 3.8) is 0 Å². The van der Waals surface area contributed by atoms with Crippen molar-refractivity contribution in [2.24, 2.45) is 11.8 Å². The van der Waals surface area contributed by atoms with Crippen LogP contribution in [0.25, 0.3) is 0 Å². The van der Waals surface area contributed by atoms with Crippen LogP contribution in [0.4, 0.5) is 0 Å². The number of hydroxylamine groups is 4. The minimum absolute atomic E-state index is 0.0317. The van der Waals surface area contributed by atoms with Crippen LogP contribution in [0, 0.1) is 11.8 Å². The van der Waals surface area contributed by atoms with Crippen molar-refractivity contribution in [1.82, 2.24) is 30.6 Å². The van der Waals surface area contributed by atoms with Crippen molar-refractivity contribution in [2.45, 2.75) is 104 Å². The van der Waals surface area contributed by atoms with Gasteiger partial charge in [-0.25, -0.2) is 9.59 Å². The molecule has 2 saturated heterocycles. The number of imide groups is 2. The Kier molecular flexibility index (Phi) is 15.9. The molecule has 2 aliphatic rings. The van der Waals surface area contributed by atoms with Gasteiger partial charge in [-0.1, -0.05) is 27.7 Å². The van der Waals surface area contributed by atoms with Gasteiger partial charge in [0.05, 0.1) is 12.1 Å². The summed E-state index contributed by atoms with van der Waals surface area (Å²) in [7, 11) is 7.08. The molecule has 2 rings (SSSR count). The van der Waals surface area contributed by atoms with E-state index in [-0.39, 0.29) is 49.5 Å². The summed E-state index contributed by atoms with van der Waals surface area (Å²) in [5, 5.41) is 6.17. The molecule has 4 atom stereocenters. The molecule has 4 unspecified atom stereocenters. The summed E-state index contributed by atoms with van der Waals surface area (Å²) in [4.78, 5) is 108. The molecule has 0 aliphatic carbocycles. The quantitative estimate of drug-likeness (QED) is 0.241. The Morgan fingerprint density at radius 1 is 0.630 bits per heavy atom. The summed E-state index contributed by atoms with van der Waals surface area (Å²) in [6.07, 6.45) is 1.12. The highest BCUT2D eigenvalue weighted by atomic mass is 16.7. The Balaban J connectivity index is 0.000000460. The molecule has 0 radical (unpaired) electrons. The molecule has 0 aromatic heterocycles. The van der Waals surface area contributed by atoms with Gasteiger partial charge in [-0.05, 0) is 66.7 Å². The molecule has 2 heterocycles. The van der Waals surface area contributed by atoms with Crippen molar-refractivity contribution < 1.29 is 48.0 Å². The summed E-state index contributed by atoms with van der Waals surface area (Å²) >= 11 is 0. The SMILES string of the molecule is CC(C)CC(C(=O)NC(C)C(=O)ON1C(=O)CCC1=O)N(C)C.CC(C)CC(NC(=O)C(C)N(C)C)C(=O)ON1C(=O)CCC1=O. The number of hydrogen-bond donors (Lipinski definition) is 2. The van der Waals surface area contributed by atoms with Crippen LogP contribution in [0.1, 0.15) is 80.1 Å². The Hall–Kier alpha value is -3.92. The Morgan fingerprint density at radius 2 is 1.04 bits per heavy atom. The first-order valence-electron chi connectivity index (χ1n) is 15.3. The van der Waals surface area contributed by atoms with E-state index in [1.165, 1.54) is 6.92 Å². The zero-order valence-corrected chi connectivity index (χ0v) is 28.6. The van der Waals surface area contributed by atoms with Crippen molar-refractivity contribution in [1.29, 1.82) is 0 Å². The fourth-order valence-electron chi connectivity index (χ4n) is 4.22. The largest absolute Gasteiger partial charge is 0.355 e. The lowest BCUT2D eigenvalue weighted by Crippen LogP contribution is -2.50. The molecule has 16 nitrogen and oxygen atoms in total. The molecular weight excluding hydrogens is 604 g/mol. The minimum Gasteiger partial charge on any atom is -0.341 e. The van der Waals surface area contributed by atoms with Crippen LogP contribution in [0.2, 0.25) is 0 Å². The van der Waals surface area contributed by atoms with Gasteiger partial charge < -0.3 is 20.3 Å². The zero-order chi connectivity index (χ0) is 35.5. The molecule has 6 amide bonds. The standard InChI is InChI=1S/2C15H25N3O5/c1-9(2)8-11(17(4)5)14(21)16-10(3)15(22)23-18-12(19)6-7-13(18)20;1-9(2)8-11(16-14(21)10(3)17(4)5)15(22)23-18-12(19)6-7-13(18)20/h2*9-11H,6-8H2,1-5H3,(H,16,21). The highest BCUT2D eigenvalue weighted by Crippen LogP contribution is 2.16. The smallest absolute Gasteiger partial charge is 0.341 e. The molecule has 0 aromatic rings. The first-order chi connectivity index (χ1) is 21.3. The Labute approximate surface area is 270 Å². The van der Waals surface area contributed by atoms with Crippen LogP contribution in [0.5, 0.6) is 0 Å². The van der Waals surface area contributed by atoms with Gasteiger partial charge in [0.2, 0.25) is 11.8 Å². The fraction of sp³-hybridized carbons (Fsp3) is 0.733. The topological polar surface area (TPSA) is 192 Å². The summed E-state index contributed by atoms with van der Waals surface area (Å²) in [6, 6.07) is -2.67. The van der Waals surface area contributed by atoms with Crippen LogP contribution in [0.15, 0.2) is 0 Å². The highest BCUT2D eigenvalue weighted by molar-refractivity contribution is 6.02. The summed E-state index contributed by atoms with van der Waals surface area (Å²) in [5.41, 5.74) is 0. The van der Waals surface area contributed by atoms with Gasteiger partial charge in [-0.2, -0.15) is 0 Å². The Bertz CT molecular complexity index is 1120. The summed E-state index contributed by atoms with van der Waals surface area (Å²) < 4.78 is 0. The van der Waals surface area contributed by atoms with E-state index in [0.717, 1.165) is 0 Å². The summed E-state index contributed by atoms with van der Waals surface area (Å²) in [6.45, 7) is 11.0. The lowest BCUT2D eigenvalue weighted by Gasteiger charge is -2.26. The average Bonchev–Trinajstić information content (AvgIpc) is 3.44. The molecular formula is C30H50N6O10. The number of likely N-dealkylation sites (N-methyl/N-ethyl adjacent to an activating group) is 2. The number of nitrogens with zero attached hydrogens (tertiary/aromatic N) is 4. The van der Waals surface area contributed by atoms with Crippen molar-refractivity contribution in [3.05, 3.63) is 0 Å². The van der Waals surface area contributed by atoms with Crippen LogP contribution in [-0.2, 0) is 48.0 Å². The predicted octanol–water partition coefficient (Wildman–Crippen LogP) is 0.149. The minimum atomic E-state index is -0.960. The van der Waals surface area contributed by atoms with Gasteiger partial charge in [0.25, 0.3) is 23.6 Å². The van der Waals surface area contributed by atoms with E-state index in [2.05, 4.69) is 10.6 Å². The van der Waals surface area contributed by atoms with E-state index in [1.807, 2.05) is 27.7 Å². The van der Waals surface area contributed by atoms with Gasteiger partial charge in [0, 0.05) is 25.7 Å². The average molecular weight is 655 g/mol. The number of carbonyl (C=O) groups is 8. The van der Waals surface area contributed by atoms with E-state index in [9.17, 15) is 38.4 Å². The molecule has 2 N–H and O–H groups in total. The first kappa shape index (κ1) is 40.1. The molecule has 2 fully saturated rings. The number of hydrogen-bond acceptors (Lipinski definition) is 12. The number of amides is 6. The van der Waals surface area contributed by atoms with Crippen molar-refractivity contribution in [3.8, 4) is 0 Å². The second-order valence-electron chi connectivity index (χ2n) is 12.7. The fourth-order valence-corrected chi connectivity index (χ4v) is 4.22. The van der Waals surface area contributed by atoms with Crippen LogP contribution in [0.3, 0.4) is 0 Å².